The fourth-order valence-electron chi connectivity index (χ4n) is 1.50. The number of carbonyl (C=O) groups is 1. The van der Waals surface area contributed by atoms with E-state index in [4.69, 9.17) is 23.2 Å². The summed E-state index contributed by atoms with van der Waals surface area (Å²) in [6.45, 7) is 4.16. The summed E-state index contributed by atoms with van der Waals surface area (Å²) in [6, 6.07) is 8.03. The standard InChI is InChI=1S/C14H12Cl2N4O/c1-2-7-17-13-6-5-12(19-20-13)14(21)18-11-4-3-9(15)8-10(11)16/h2-6,8H,1,7H2,(H,17,20)(H,18,21). The number of nitrogens with zero attached hydrogens (tertiary/aromatic N) is 2. The van der Waals surface area contributed by atoms with E-state index in [1.807, 2.05) is 0 Å². The largest absolute Gasteiger partial charge is 0.365 e. The first-order chi connectivity index (χ1) is 10.1. The molecule has 0 atom stereocenters. The summed E-state index contributed by atoms with van der Waals surface area (Å²) in [5, 5.41) is 14.2. The minimum Gasteiger partial charge on any atom is -0.365 e. The van der Waals surface area contributed by atoms with E-state index >= 15 is 0 Å². The van der Waals surface area contributed by atoms with Gasteiger partial charge < -0.3 is 10.6 Å². The van der Waals surface area contributed by atoms with Crippen LogP contribution in [0.2, 0.25) is 10.0 Å². The summed E-state index contributed by atoms with van der Waals surface area (Å²) >= 11 is 11.8. The molecule has 0 fully saturated rings. The third kappa shape index (κ3) is 4.18. The Morgan fingerprint density at radius 2 is 2.05 bits per heavy atom. The van der Waals surface area contributed by atoms with Crippen LogP contribution in [0.1, 0.15) is 10.5 Å². The third-order valence-corrected chi connectivity index (χ3v) is 3.05. The molecule has 2 aromatic rings. The topological polar surface area (TPSA) is 66.9 Å². The smallest absolute Gasteiger partial charge is 0.276 e. The minimum atomic E-state index is -0.401. The van der Waals surface area contributed by atoms with Crippen molar-refractivity contribution in [3.63, 3.8) is 0 Å². The quantitative estimate of drug-likeness (QED) is 0.825. The number of anilines is 2. The molecule has 1 amide bonds. The summed E-state index contributed by atoms with van der Waals surface area (Å²) in [4.78, 5) is 12.0. The molecular weight excluding hydrogens is 311 g/mol. The van der Waals surface area contributed by atoms with Crippen molar-refractivity contribution in [3.05, 3.63) is 58.7 Å². The number of hydrogen-bond acceptors (Lipinski definition) is 4. The highest BCUT2D eigenvalue weighted by atomic mass is 35.5. The van der Waals surface area contributed by atoms with E-state index in [1.165, 1.54) is 0 Å². The van der Waals surface area contributed by atoms with Gasteiger partial charge >= 0.3 is 0 Å². The van der Waals surface area contributed by atoms with Crippen molar-refractivity contribution in [2.45, 2.75) is 0 Å². The lowest BCUT2D eigenvalue weighted by molar-refractivity contribution is 0.102. The molecule has 7 heteroatoms. The number of amides is 1. The van der Waals surface area contributed by atoms with Gasteiger partial charge in [0.15, 0.2) is 5.69 Å². The Morgan fingerprint density at radius 3 is 2.67 bits per heavy atom. The van der Waals surface area contributed by atoms with Gasteiger partial charge in [0.1, 0.15) is 5.82 Å². The number of nitrogens with one attached hydrogen (secondary N) is 2. The van der Waals surface area contributed by atoms with Gasteiger partial charge in [0.05, 0.1) is 10.7 Å². The van der Waals surface area contributed by atoms with Crippen molar-refractivity contribution < 1.29 is 4.79 Å². The molecule has 21 heavy (non-hydrogen) atoms. The second-order valence-electron chi connectivity index (χ2n) is 4.05. The molecule has 0 aliphatic rings. The van der Waals surface area contributed by atoms with Gasteiger partial charge in [-0.1, -0.05) is 29.3 Å². The lowest BCUT2D eigenvalue weighted by Gasteiger charge is -2.07. The first-order valence-electron chi connectivity index (χ1n) is 6.05. The fourth-order valence-corrected chi connectivity index (χ4v) is 1.96. The number of aromatic nitrogens is 2. The lowest BCUT2D eigenvalue weighted by Crippen LogP contribution is -2.15. The van der Waals surface area contributed by atoms with Crippen LogP contribution in [-0.4, -0.2) is 22.6 Å². The molecule has 0 aliphatic carbocycles. The Morgan fingerprint density at radius 1 is 1.24 bits per heavy atom. The maximum absolute atomic E-state index is 12.0. The van der Waals surface area contributed by atoms with Gasteiger partial charge in [0.2, 0.25) is 0 Å². The van der Waals surface area contributed by atoms with E-state index in [1.54, 1.807) is 36.4 Å². The molecule has 2 N–H and O–H groups in total. The van der Waals surface area contributed by atoms with Gasteiger partial charge in [0.25, 0.3) is 5.91 Å². The van der Waals surface area contributed by atoms with Gasteiger partial charge in [0, 0.05) is 11.6 Å². The van der Waals surface area contributed by atoms with E-state index < -0.39 is 5.91 Å². The van der Waals surface area contributed by atoms with Crippen LogP contribution in [0.25, 0.3) is 0 Å². The summed E-state index contributed by atoms with van der Waals surface area (Å²) in [7, 11) is 0. The molecule has 0 radical (unpaired) electrons. The Hall–Kier alpha value is -2.11. The molecule has 0 spiro atoms. The SMILES string of the molecule is C=CCNc1ccc(C(=O)Nc2ccc(Cl)cc2Cl)nn1. The summed E-state index contributed by atoms with van der Waals surface area (Å²) < 4.78 is 0. The van der Waals surface area contributed by atoms with Crippen LogP contribution in [0, 0.1) is 0 Å². The summed E-state index contributed by atoms with van der Waals surface area (Å²) in [6.07, 6.45) is 1.70. The van der Waals surface area contributed by atoms with E-state index in [-0.39, 0.29) is 5.69 Å². The molecule has 108 valence electrons. The molecular formula is C14H12Cl2N4O. The average molecular weight is 323 g/mol. The highest BCUT2D eigenvalue weighted by Crippen LogP contribution is 2.25. The molecule has 0 saturated carbocycles. The number of rotatable bonds is 5. The zero-order valence-corrected chi connectivity index (χ0v) is 12.4. The van der Waals surface area contributed by atoms with Crippen molar-refractivity contribution in [1.29, 1.82) is 0 Å². The number of hydrogen-bond donors (Lipinski definition) is 2. The van der Waals surface area contributed by atoms with Gasteiger partial charge in [-0.25, -0.2) is 0 Å². The molecule has 2 rings (SSSR count). The molecule has 0 saturated heterocycles. The predicted molar refractivity (Wildman–Crippen MR) is 85.1 cm³/mol. The molecule has 5 nitrogen and oxygen atoms in total. The van der Waals surface area contributed by atoms with Crippen LogP contribution >= 0.6 is 23.2 Å². The van der Waals surface area contributed by atoms with E-state index in [0.29, 0.717) is 28.1 Å². The number of carbonyl (C=O) groups excluding carboxylic acids is 1. The highest BCUT2D eigenvalue weighted by Gasteiger charge is 2.10. The predicted octanol–water partition coefficient (Wildman–Crippen LogP) is 3.63. The average Bonchev–Trinajstić information content (AvgIpc) is 2.48. The van der Waals surface area contributed by atoms with Crippen molar-refractivity contribution >= 4 is 40.6 Å². The van der Waals surface area contributed by atoms with Gasteiger partial charge in [-0.05, 0) is 30.3 Å². The van der Waals surface area contributed by atoms with E-state index in [9.17, 15) is 4.79 Å². The Labute approximate surface area is 132 Å². The molecule has 0 unspecified atom stereocenters. The Bertz CT molecular complexity index is 659. The lowest BCUT2D eigenvalue weighted by atomic mass is 10.3. The maximum atomic E-state index is 12.0. The minimum absolute atomic E-state index is 0.185. The van der Waals surface area contributed by atoms with Crippen LogP contribution in [-0.2, 0) is 0 Å². The fraction of sp³-hybridized carbons (Fsp3) is 0.0714. The van der Waals surface area contributed by atoms with Crippen molar-refractivity contribution in [1.82, 2.24) is 10.2 Å². The van der Waals surface area contributed by atoms with Crippen LogP contribution in [0.4, 0.5) is 11.5 Å². The third-order valence-electron chi connectivity index (χ3n) is 2.50. The van der Waals surface area contributed by atoms with E-state index in [0.717, 1.165) is 0 Å². The van der Waals surface area contributed by atoms with Crippen LogP contribution in [0.5, 0.6) is 0 Å². The molecule has 0 bridgehead atoms. The number of halogens is 2. The Kier molecular flexibility index (Phi) is 5.14. The summed E-state index contributed by atoms with van der Waals surface area (Å²) in [5.74, 6) is 0.165. The second-order valence-corrected chi connectivity index (χ2v) is 4.90. The van der Waals surface area contributed by atoms with Crippen molar-refractivity contribution in [2.75, 3.05) is 17.2 Å². The zero-order valence-electron chi connectivity index (χ0n) is 10.9. The van der Waals surface area contributed by atoms with Crippen LogP contribution in [0.3, 0.4) is 0 Å². The van der Waals surface area contributed by atoms with Crippen LogP contribution in [0.15, 0.2) is 43.0 Å². The monoisotopic (exact) mass is 322 g/mol. The van der Waals surface area contributed by atoms with Gasteiger partial charge in [-0.3, -0.25) is 4.79 Å². The first kappa shape index (κ1) is 15.3. The molecule has 1 aromatic heterocycles. The molecule has 1 heterocycles. The van der Waals surface area contributed by atoms with Gasteiger partial charge in [-0.15, -0.1) is 16.8 Å². The normalized spacial score (nSPS) is 10.0. The number of benzene rings is 1. The van der Waals surface area contributed by atoms with Crippen molar-refractivity contribution in [2.24, 2.45) is 0 Å². The molecule has 1 aromatic carbocycles. The second kappa shape index (κ2) is 7.06. The maximum Gasteiger partial charge on any atom is 0.276 e. The first-order valence-corrected chi connectivity index (χ1v) is 6.80. The van der Waals surface area contributed by atoms with Gasteiger partial charge in [-0.2, -0.15) is 0 Å². The van der Waals surface area contributed by atoms with Crippen molar-refractivity contribution in [3.8, 4) is 0 Å². The Balaban J connectivity index is 2.07. The zero-order chi connectivity index (χ0) is 15.2. The van der Waals surface area contributed by atoms with Crippen LogP contribution < -0.4 is 10.6 Å². The van der Waals surface area contributed by atoms with E-state index in [2.05, 4.69) is 27.4 Å². The molecule has 0 aliphatic heterocycles. The highest BCUT2D eigenvalue weighted by molar-refractivity contribution is 6.36. The summed E-state index contributed by atoms with van der Waals surface area (Å²) in [5.41, 5.74) is 0.645.